The van der Waals surface area contributed by atoms with Gasteiger partial charge in [-0.1, -0.05) is 12.1 Å². The van der Waals surface area contributed by atoms with Crippen molar-refractivity contribution in [3.8, 4) is 0 Å². The second kappa shape index (κ2) is 9.14. The minimum Gasteiger partial charge on any atom is -0.378 e. The summed E-state index contributed by atoms with van der Waals surface area (Å²) in [5.74, 6) is -0.301. The first-order valence-electron chi connectivity index (χ1n) is 9.29. The maximum atomic E-state index is 12.9. The van der Waals surface area contributed by atoms with Crippen LogP contribution in [0.15, 0.2) is 60.8 Å². The third kappa shape index (κ3) is 5.51. The van der Waals surface area contributed by atoms with Crippen LogP contribution in [0.2, 0.25) is 0 Å². The van der Waals surface area contributed by atoms with Gasteiger partial charge >= 0.3 is 0 Å². The molecule has 6 nitrogen and oxygen atoms in total. The molecule has 1 aromatic heterocycles. The first-order valence-corrected chi connectivity index (χ1v) is 9.29. The molecule has 0 fully saturated rings. The fourth-order valence-corrected chi connectivity index (χ4v) is 2.85. The van der Waals surface area contributed by atoms with Crippen LogP contribution in [0.25, 0.3) is 0 Å². The van der Waals surface area contributed by atoms with Crippen LogP contribution in [-0.2, 0) is 11.3 Å². The third-order valence-corrected chi connectivity index (χ3v) is 4.51. The molecule has 0 aliphatic heterocycles. The lowest BCUT2D eigenvalue weighted by molar-refractivity contribution is -0.116. The molecule has 0 atom stereocenters. The number of nitrogens with one attached hydrogen (secondary N) is 1. The third-order valence-electron chi connectivity index (χ3n) is 4.51. The van der Waals surface area contributed by atoms with Gasteiger partial charge in [-0.05, 0) is 42.0 Å². The number of nitrogens with zero attached hydrogens (tertiary/aromatic N) is 3. The summed E-state index contributed by atoms with van der Waals surface area (Å²) in [5.41, 5.74) is 2.56. The van der Waals surface area contributed by atoms with Crippen LogP contribution in [0.4, 0.5) is 15.9 Å². The summed E-state index contributed by atoms with van der Waals surface area (Å²) < 4.78 is 14.6. The van der Waals surface area contributed by atoms with Crippen LogP contribution in [0.1, 0.15) is 28.8 Å². The largest absolute Gasteiger partial charge is 0.378 e. The maximum Gasteiger partial charge on any atom is 0.225 e. The van der Waals surface area contributed by atoms with E-state index < -0.39 is 5.82 Å². The number of amides is 1. The molecular formula is C22H23FN4O2. The normalized spacial score (nSPS) is 10.6. The standard InChI is InChI=1S/C22H23FN4O2/c1-26(2)19-9-3-16(4-10-19)15-27-21(13-14-24-27)25-22(29)12-11-20(28)17-5-7-18(23)8-6-17/h3-10,13-14H,11-12,15H2,1-2H3,(H,25,29). The summed E-state index contributed by atoms with van der Waals surface area (Å²) in [5, 5.41) is 7.06. The lowest BCUT2D eigenvalue weighted by Gasteiger charge is -2.13. The zero-order chi connectivity index (χ0) is 20.8. The van der Waals surface area contributed by atoms with Gasteiger partial charge in [0.25, 0.3) is 0 Å². The van der Waals surface area contributed by atoms with E-state index in [4.69, 9.17) is 0 Å². The molecule has 0 saturated carbocycles. The van der Waals surface area contributed by atoms with Crippen LogP contribution in [-0.4, -0.2) is 35.6 Å². The molecule has 3 rings (SSSR count). The predicted molar refractivity (Wildman–Crippen MR) is 111 cm³/mol. The quantitative estimate of drug-likeness (QED) is 0.591. The molecule has 29 heavy (non-hydrogen) atoms. The molecule has 0 bridgehead atoms. The van der Waals surface area contributed by atoms with Crippen molar-refractivity contribution in [3.05, 3.63) is 77.7 Å². The van der Waals surface area contributed by atoms with E-state index in [1.54, 1.807) is 16.9 Å². The average Bonchev–Trinajstić information content (AvgIpc) is 3.13. The summed E-state index contributed by atoms with van der Waals surface area (Å²) >= 11 is 0. The molecular weight excluding hydrogens is 371 g/mol. The van der Waals surface area contributed by atoms with Crippen molar-refractivity contribution in [1.82, 2.24) is 9.78 Å². The number of carbonyl (C=O) groups is 2. The summed E-state index contributed by atoms with van der Waals surface area (Å²) in [6, 6.07) is 15.1. The van der Waals surface area contributed by atoms with Crippen LogP contribution < -0.4 is 10.2 Å². The lowest BCUT2D eigenvalue weighted by Crippen LogP contribution is -2.17. The number of benzene rings is 2. The number of rotatable bonds is 8. The summed E-state index contributed by atoms with van der Waals surface area (Å²) in [4.78, 5) is 26.4. The molecule has 150 valence electrons. The van der Waals surface area contributed by atoms with Gasteiger partial charge in [0.15, 0.2) is 5.78 Å². The molecule has 1 N–H and O–H groups in total. The van der Waals surface area contributed by atoms with Crippen molar-refractivity contribution in [1.29, 1.82) is 0 Å². The van der Waals surface area contributed by atoms with E-state index in [2.05, 4.69) is 10.4 Å². The predicted octanol–water partition coefficient (Wildman–Crippen LogP) is 3.74. The van der Waals surface area contributed by atoms with Crippen molar-refractivity contribution < 1.29 is 14.0 Å². The van der Waals surface area contributed by atoms with Gasteiger partial charge in [-0.3, -0.25) is 9.59 Å². The molecule has 0 unspecified atom stereocenters. The van der Waals surface area contributed by atoms with Gasteiger partial charge < -0.3 is 10.2 Å². The van der Waals surface area contributed by atoms with E-state index in [1.165, 1.54) is 24.3 Å². The highest BCUT2D eigenvalue weighted by Gasteiger charge is 2.12. The zero-order valence-corrected chi connectivity index (χ0v) is 16.4. The fourth-order valence-electron chi connectivity index (χ4n) is 2.85. The number of halogens is 1. The number of carbonyl (C=O) groups excluding carboxylic acids is 2. The SMILES string of the molecule is CN(C)c1ccc(Cn2nccc2NC(=O)CCC(=O)c2ccc(F)cc2)cc1. The average molecular weight is 394 g/mol. The molecule has 0 aliphatic rings. The minimum absolute atomic E-state index is 0.0406. The second-order valence-corrected chi connectivity index (χ2v) is 6.91. The van der Waals surface area contributed by atoms with Gasteiger partial charge in [0.2, 0.25) is 5.91 Å². The number of aromatic nitrogens is 2. The Morgan fingerprint density at radius 2 is 1.69 bits per heavy atom. The monoisotopic (exact) mass is 394 g/mol. The minimum atomic E-state index is -0.399. The number of Topliss-reactive ketones (excluding diaryl/α,β-unsaturated/α-hetero) is 1. The van der Waals surface area contributed by atoms with Gasteiger partial charge in [-0.15, -0.1) is 0 Å². The number of hydrogen-bond donors (Lipinski definition) is 1. The molecule has 1 amide bonds. The summed E-state index contributed by atoms with van der Waals surface area (Å²) in [6.45, 7) is 0.519. The van der Waals surface area contributed by atoms with E-state index in [9.17, 15) is 14.0 Å². The Balaban J connectivity index is 1.55. The van der Waals surface area contributed by atoms with Crippen molar-refractivity contribution in [2.24, 2.45) is 0 Å². The molecule has 0 radical (unpaired) electrons. The highest BCUT2D eigenvalue weighted by molar-refractivity contribution is 5.99. The van der Waals surface area contributed by atoms with Crippen molar-refractivity contribution in [3.63, 3.8) is 0 Å². The Morgan fingerprint density at radius 1 is 1.00 bits per heavy atom. The Morgan fingerprint density at radius 3 is 2.34 bits per heavy atom. The van der Waals surface area contributed by atoms with E-state index in [0.717, 1.165) is 11.3 Å². The lowest BCUT2D eigenvalue weighted by atomic mass is 10.1. The molecule has 0 aliphatic carbocycles. The van der Waals surface area contributed by atoms with Gasteiger partial charge in [0.1, 0.15) is 11.6 Å². The smallest absolute Gasteiger partial charge is 0.225 e. The van der Waals surface area contributed by atoms with Gasteiger partial charge in [-0.2, -0.15) is 5.10 Å². The fraction of sp³-hybridized carbons (Fsp3) is 0.227. The van der Waals surface area contributed by atoms with E-state index >= 15 is 0 Å². The Bertz CT molecular complexity index is 979. The maximum absolute atomic E-state index is 12.9. The Labute approximate surface area is 169 Å². The van der Waals surface area contributed by atoms with Crippen molar-refractivity contribution in [2.75, 3.05) is 24.3 Å². The van der Waals surface area contributed by atoms with Crippen LogP contribution in [0, 0.1) is 5.82 Å². The molecule has 7 heteroatoms. The van der Waals surface area contributed by atoms with Gasteiger partial charge in [0.05, 0.1) is 12.7 Å². The molecule has 0 saturated heterocycles. The number of anilines is 2. The van der Waals surface area contributed by atoms with E-state index in [1.807, 2.05) is 43.3 Å². The zero-order valence-electron chi connectivity index (χ0n) is 16.4. The molecule has 3 aromatic rings. The van der Waals surface area contributed by atoms with E-state index in [0.29, 0.717) is 17.9 Å². The second-order valence-electron chi connectivity index (χ2n) is 6.91. The van der Waals surface area contributed by atoms with Crippen LogP contribution >= 0.6 is 0 Å². The van der Waals surface area contributed by atoms with Crippen molar-refractivity contribution >= 4 is 23.2 Å². The number of ketones is 1. The van der Waals surface area contributed by atoms with Crippen molar-refractivity contribution in [2.45, 2.75) is 19.4 Å². The highest BCUT2D eigenvalue weighted by Crippen LogP contribution is 2.16. The van der Waals surface area contributed by atoms with Gasteiger partial charge in [0, 0.05) is 44.3 Å². The Kier molecular flexibility index (Phi) is 6.39. The first kappa shape index (κ1) is 20.3. The molecule has 2 aromatic carbocycles. The number of hydrogen-bond acceptors (Lipinski definition) is 4. The summed E-state index contributed by atoms with van der Waals surface area (Å²) in [6.07, 6.45) is 1.71. The Hall–Kier alpha value is -3.48. The first-order chi connectivity index (χ1) is 13.9. The molecule has 1 heterocycles. The summed E-state index contributed by atoms with van der Waals surface area (Å²) in [7, 11) is 3.97. The topological polar surface area (TPSA) is 67.2 Å². The van der Waals surface area contributed by atoms with Crippen LogP contribution in [0.3, 0.4) is 0 Å². The van der Waals surface area contributed by atoms with Crippen LogP contribution in [0.5, 0.6) is 0 Å². The van der Waals surface area contributed by atoms with Gasteiger partial charge in [-0.25, -0.2) is 9.07 Å². The molecule has 0 spiro atoms. The highest BCUT2D eigenvalue weighted by atomic mass is 19.1. The van der Waals surface area contributed by atoms with E-state index in [-0.39, 0.29) is 24.5 Å².